The number of halogens is 1. The maximum atomic E-state index is 12.4. The van der Waals surface area contributed by atoms with Gasteiger partial charge in [0.15, 0.2) is 0 Å². The number of hydrogen-bond donors (Lipinski definition) is 1. The molecule has 0 radical (unpaired) electrons. The SMILES string of the molecule is CC(Cc1ccccc1Cl)NC(=O)c1ccc2c(c1)C(=O)N(C)C2=O. The number of amides is 3. The van der Waals surface area contributed by atoms with Crippen molar-refractivity contribution in [2.45, 2.75) is 19.4 Å². The van der Waals surface area contributed by atoms with E-state index in [1.165, 1.54) is 19.2 Å². The molecule has 1 N–H and O–H groups in total. The van der Waals surface area contributed by atoms with Crippen LogP contribution < -0.4 is 5.32 Å². The summed E-state index contributed by atoms with van der Waals surface area (Å²) in [4.78, 5) is 37.4. The molecular weight excluding hydrogens is 340 g/mol. The van der Waals surface area contributed by atoms with Crippen molar-refractivity contribution >= 4 is 29.3 Å². The Morgan fingerprint density at radius 2 is 1.80 bits per heavy atom. The highest BCUT2D eigenvalue weighted by molar-refractivity contribution is 6.31. The maximum absolute atomic E-state index is 12.4. The lowest BCUT2D eigenvalue weighted by Crippen LogP contribution is -2.34. The van der Waals surface area contributed by atoms with Crippen molar-refractivity contribution < 1.29 is 14.4 Å². The van der Waals surface area contributed by atoms with Gasteiger partial charge in [-0.3, -0.25) is 19.3 Å². The molecule has 1 aliphatic heterocycles. The van der Waals surface area contributed by atoms with E-state index in [-0.39, 0.29) is 23.4 Å². The second kappa shape index (κ2) is 6.69. The fourth-order valence-electron chi connectivity index (χ4n) is 2.85. The third-order valence-electron chi connectivity index (χ3n) is 4.21. The minimum absolute atomic E-state index is 0.138. The number of imide groups is 1. The average Bonchev–Trinajstić information content (AvgIpc) is 2.81. The molecule has 0 bridgehead atoms. The van der Waals surface area contributed by atoms with Crippen LogP contribution in [0.25, 0.3) is 0 Å². The molecule has 0 spiro atoms. The Balaban J connectivity index is 1.73. The number of benzene rings is 2. The summed E-state index contributed by atoms with van der Waals surface area (Å²) in [6, 6.07) is 11.9. The summed E-state index contributed by atoms with van der Waals surface area (Å²) in [5, 5.41) is 3.55. The standard InChI is InChI=1S/C19H17ClN2O3/c1-11(9-12-5-3-4-6-16(12)20)21-17(23)13-7-8-14-15(10-13)19(25)22(2)18(14)24/h3-8,10-11H,9H2,1-2H3,(H,21,23). The van der Waals surface area contributed by atoms with Crippen LogP contribution >= 0.6 is 11.6 Å². The van der Waals surface area contributed by atoms with Gasteiger partial charge in [-0.25, -0.2) is 0 Å². The van der Waals surface area contributed by atoms with Crippen LogP contribution in [0.2, 0.25) is 5.02 Å². The highest BCUT2D eigenvalue weighted by atomic mass is 35.5. The molecule has 0 aliphatic carbocycles. The Kier molecular flexibility index (Phi) is 4.59. The minimum atomic E-state index is -0.390. The predicted molar refractivity (Wildman–Crippen MR) is 95.0 cm³/mol. The molecule has 2 aromatic carbocycles. The summed E-state index contributed by atoms with van der Waals surface area (Å²) < 4.78 is 0. The van der Waals surface area contributed by atoms with Gasteiger partial charge in [0.2, 0.25) is 0 Å². The van der Waals surface area contributed by atoms with Crippen LogP contribution in [0.5, 0.6) is 0 Å². The van der Waals surface area contributed by atoms with Gasteiger partial charge in [-0.1, -0.05) is 29.8 Å². The van der Waals surface area contributed by atoms with Gasteiger partial charge in [0.05, 0.1) is 11.1 Å². The Morgan fingerprint density at radius 3 is 2.52 bits per heavy atom. The predicted octanol–water partition coefficient (Wildman–Crippen LogP) is 2.93. The van der Waals surface area contributed by atoms with E-state index in [9.17, 15) is 14.4 Å². The smallest absolute Gasteiger partial charge is 0.261 e. The number of hydrogen-bond acceptors (Lipinski definition) is 3. The van der Waals surface area contributed by atoms with Crippen molar-refractivity contribution in [1.29, 1.82) is 0 Å². The molecule has 3 rings (SSSR count). The molecule has 1 heterocycles. The van der Waals surface area contributed by atoms with E-state index in [0.29, 0.717) is 22.6 Å². The van der Waals surface area contributed by atoms with E-state index in [4.69, 9.17) is 11.6 Å². The lowest BCUT2D eigenvalue weighted by molar-refractivity contribution is 0.0693. The normalized spacial score (nSPS) is 14.4. The Hall–Kier alpha value is -2.66. The van der Waals surface area contributed by atoms with E-state index < -0.39 is 5.91 Å². The second-order valence-electron chi connectivity index (χ2n) is 6.10. The number of fused-ring (bicyclic) bond motifs is 1. The Labute approximate surface area is 150 Å². The van der Waals surface area contributed by atoms with E-state index in [0.717, 1.165) is 10.5 Å². The van der Waals surface area contributed by atoms with E-state index in [1.54, 1.807) is 6.07 Å². The molecule has 0 fully saturated rings. The molecule has 6 heteroatoms. The molecule has 3 amide bonds. The number of carbonyl (C=O) groups is 3. The van der Waals surface area contributed by atoms with Crippen molar-refractivity contribution in [3.05, 3.63) is 69.7 Å². The summed E-state index contributed by atoms with van der Waals surface area (Å²) in [5.41, 5.74) is 1.89. The molecular formula is C19H17ClN2O3. The molecule has 5 nitrogen and oxygen atoms in total. The van der Waals surface area contributed by atoms with Crippen molar-refractivity contribution in [3.8, 4) is 0 Å². The zero-order valence-electron chi connectivity index (χ0n) is 13.9. The highest BCUT2D eigenvalue weighted by Crippen LogP contribution is 2.23. The Bertz CT molecular complexity index is 879. The van der Waals surface area contributed by atoms with Crippen LogP contribution in [0.3, 0.4) is 0 Å². The van der Waals surface area contributed by atoms with Gasteiger partial charge >= 0.3 is 0 Å². The quantitative estimate of drug-likeness (QED) is 0.856. The number of nitrogens with zero attached hydrogens (tertiary/aromatic N) is 1. The van der Waals surface area contributed by atoms with Gasteiger partial charge in [0.25, 0.3) is 17.7 Å². The third kappa shape index (κ3) is 3.28. The van der Waals surface area contributed by atoms with Gasteiger partial charge in [-0.2, -0.15) is 0 Å². The lowest BCUT2D eigenvalue weighted by Gasteiger charge is -2.15. The van der Waals surface area contributed by atoms with E-state index >= 15 is 0 Å². The first-order valence-electron chi connectivity index (χ1n) is 7.89. The second-order valence-corrected chi connectivity index (χ2v) is 6.51. The molecule has 0 saturated heterocycles. The summed E-state index contributed by atoms with van der Waals surface area (Å²) in [7, 11) is 1.43. The molecule has 128 valence electrons. The summed E-state index contributed by atoms with van der Waals surface area (Å²) in [6.45, 7) is 1.89. The first kappa shape index (κ1) is 17.2. The van der Waals surface area contributed by atoms with Crippen LogP contribution in [0, 0.1) is 0 Å². The van der Waals surface area contributed by atoms with Crippen LogP contribution in [-0.2, 0) is 6.42 Å². The lowest BCUT2D eigenvalue weighted by atomic mass is 10.0. The van der Waals surface area contributed by atoms with Crippen LogP contribution in [0.15, 0.2) is 42.5 Å². The fraction of sp³-hybridized carbons (Fsp3) is 0.211. The first-order valence-corrected chi connectivity index (χ1v) is 8.27. The molecule has 0 saturated carbocycles. The number of rotatable bonds is 4. The third-order valence-corrected chi connectivity index (χ3v) is 4.58. The van der Waals surface area contributed by atoms with Crippen LogP contribution in [-0.4, -0.2) is 35.7 Å². The zero-order valence-corrected chi connectivity index (χ0v) is 14.6. The fourth-order valence-corrected chi connectivity index (χ4v) is 3.07. The van der Waals surface area contributed by atoms with Crippen LogP contribution in [0.1, 0.15) is 43.6 Å². The monoisotopic (exact) mass is 356 g/mol. The molecule has 0 aromatic heterocycles. The van der Waals surface area contributed by atoms with E-state index in [1.807, 2.05) is 31.2 Å². The van der Waals surface area contributed by atoms with Gasteiger partial charge in [-0.05, 0) is 43.2 Å². The summed E-state index contributed by atoms with van der Waals surface area (Å²) in [6.07, 6.45) is 0.594. The average molecular weight is 357 g/mol. The van der Waals surface area contributed by atoms with Crippen LogP contribution in [0.4, 0.5) is 0 Å². The molecule has 1 atom stereocenters. The Morgan fingerprint density at radius 1 is 1.12 bits per heavy atom. The zero-order chi connectivity index (χ0) is 18.1. The highest BCUT2D eigenvalue weighted by Gasteiger charge is 2.33. The van der Waals surface area contributed by atoms with Gasteiger partial charge in [-0.15, -0.1) is 0 Å². The largest absolute Gasteiger partial charge is 0.349 e. The van der Waals surface area contributed by atoms with Gasteiger partial charge in [0, 0.05) is 23.7 Å². The van der Waals surface area contributed by atoms with Crippen molar-refractivity contribution in [1.82, 2.24) is 10.2 Å². The van der Waals surface area contributed by atoms with Crippen molar-refractivity contribution in [3.63, 3.8) is 0 Å². The first-order chi connectivity index (χ1) is 11.9. The number of nitrogens with one attached hydrogen (secondary N) is 1. The van der Waals surface area contributed by atoms with Crippen molar-refractivity contribution in [2.75, 3.05) is 7.05 Å². The molecule has 1 unspecified atom stereocenters. The summed E-state index contributed by atoms with van der Waals surface area (Å²) >= 11 is 6.14. The summed E-state index contributed by atoms with van der Waals surface area (Å²) in [5.74, 6) is -1.03. The number of carbonyl (C=O) groups excluding carboxylic acids is 3. The maximum Gasteiger partial charge on any atom is 0.261 e. The topological polar surface area (TPSA) is 66.5 Å². The molecule has 2 aromatic rings. The van der Waals surface area contributed by atoms with Crippen molar-refractivity contribution in [2.24, 2.45) is 0 Å². The van der Waals surface area contributed by atoms with Gasteiger partial charge in [0.1, 0.15) is 0 Å². The van der Waals surface area contributed by atoms with Gasteiger partial charge < -0.3 is 5.32 Å². The molecule has 1 aliphatic rings. The molecule has 25 heavy (non-hydrogen) atoms. The minimum Gasteiger partial charge on any atom is -0.349 e. The van der Waals surface area contributed by atoms with E-state index in [2.05, 4.69) is 5.32 Å².